The largest absolute Gasteiger partial charge is 0.380 e. The molecule has 1 aromatic heterocycles. The van der Waals surface area contributed by atoms with Crippen molar-refractivity contribution in [1.82, 2.24) is 0 Å². The van der Waals surface area contributed by atoms with Gasteiger partial charge in [0.05, 0.1) is 4.92 Å². The molecule has 0 spiro atoms. The van der Waals surface area contributed by atoms with E-state index in [-0.39, 0.29) is 10.6 Å². The second-order valence-electron chi connectivity index (χ2n) is 4.14. The molecule has 0 saturated carbocycles. The molecule has 94 valence electrons. The molecule has 4 nitrogen and oxygen atoms in total. The van der Waals surface area contributed by atoms with Crippen molar-refractivity contribution in [3.05, 3.63) is 55.8 Å². The number of nitro benzene ring substituents is 1. The van der Waals surface area contributed by atoms with E-state index in [2.05, 4.69) is 11.4 Å². The number of benzene rings is 1. The van der Waals surface area contributed by atoms with Gasteiger partial charge in [-0.3, -0.25) is 10.1 Å². The van der Waals surface area contributed by atoms with Gasteiger partial charge in [-0.25, -0.2) is 0 Å². The van der Waals surface area contributed by atoms with Gasteiger partial charge in [-0.2, -0.15) is 0 Å². The summed E-state index contributed by atoms with van der Waals surface area (Å²) in [4.78, 5) is 11.7. The lowest BCUT2D eigenvalue weighted by Gasteiger charge is -2.10. The third-order valence-electron chi connectivity index (χ3n) is 2.77. The normalized spacial score (nSPS) is 10.3. The summed E-state index contributed by atoms with van der Waals surface area (Å²) in [5.74, 6) is 0. The molecule has 0 bridgehead atoms. The number of hydrogen-bond acceptors (Lipinski definition) is 4. The van der Waals surface area contributed by atoms with Crippen LogP contribution in [0.1, 0.15) is 16.0 Å². The number of thiophene rings is 1. The van der Waals surface area contributed by atoms with Crippen molar-refractivity contribution in [3.8, 4) is 0 Å². The number of hydrogen-bond donors (Lipinski definition) is 1. The smallest absolute Gasteiger partial charge is 0.272 e. The van der Waals surface area contributed by atoms with Crippen molar-refractivity contribution in [1.29, 1.82) is 0 Å². The van der Waals surface area contributed by atoms with E-state index in [0.29, 0.717) is 5.56 Å². The molecule has 2 aromatic rings. The summed E-state index contributed by atoms with van der Waals surface area (Å²) in [6.45, 7) is 4.38. The van der Waals surface area contributed by atoms with Crippen molar-refractivity contribution in [3.63, 3.8) is 0 Å². The van der Waals surface area contributed by atoms with Gasteiger partial charge >= 0.3 is 0 Å². The van der Waals surface area contributed by atoms with E-state index in [0.717, 1.165) is 17.8 Å². The van der Waals surface area contributed by atoms with Crippen LogP contribution in [-0.2, 0) is 6.54 Å². The predicted molar refractivity (Wildman–Crippen MR) is 74.2 cm³/mol. The van der Waals surface area contributed by atoms with Gasteiger partial charge in [0.2, 0.25) is 0 Å². The van der Waals surface area contributed by atoms with Gasteiger partial charge in [-0.1, -0.05) is 6.07 Å². The first kappa shape index (κ1) is 12.6. The molecule has 0 aliphatic heterocycles. The monoisotopic (exact) mass is 262 g/mol. The Kier molecular flexibility index (Phi) is 3.62. The molecular formula is C13H14N2O2S. The van der Waals surface area contributed by atoms with Crippen LogP contribution in [0.15, 0.2) is 29.6 Å². The Balaban J connectivity index is 2.19. The third kappa shape index (κ3) is 2.68. The molecule has 0 aliphatic rings. The average Bonchev–Trinajstić information content (AvgIpc) is 2.82. The first-order valence-electron chi connectivity index (χ1n) is 5.60. The molecule has 1 aromatic carbocycles. The standard InChI is InChI=1S/C13H14N2O2S/c1-9-7-13(15(16)17)10(2)6-12(9)14-8-11-4-3-5-18-11/h3-7,14H,8H2,1-2H3. The maximum atomic E-state index is 10.8. The fraction of sp³-hybridized carbons (Fsp3) is 0.231. The molecule has 1 heterocycles. The van der Waals surface area contributed by atoms with Crippen molar-refractivity contribution >= 4 is 22.7 Å². The van der Waals surface area contributed by atoms with Gasteiger partial charge in [0, 0.05) is 28.7 Å². The predicted octanol–water partition coefficient (Wildman–Crippen LogP) is 3.89. The topological polar surface area (TPSA) is 55.2 Å². The lowest BCUT2D eigenvalue weighted by Crippen LogP contribution is -2.01. The first-order valence-corrected chi connectivity index (χ1v) is 6.48. The zero-order valence-corrected chi connectivity index (χ0v) is 11.1. The van der Waals surface area contributed by atoms with Crippen LogP contribution in [-0.4, -0.2) is 4.92 Å². The van der Waals surface area contributed by atoms with Crippen LogP contribution < -0.4 is 5.32 Å². The maximum Gasteiger partial charge on any atom is 0.272 e. The Morgan fingerprint density at radius 1 is 1.33 bits per heavy atom. The highest BCUT2D eigenvalue weighted by atomic mass is 32.1. The molecule has 0 amide bonds. The molecule has 0 aliphatic carbocycles. The van der Waals surface area contributed by atoms with Crippen LogP contribution in [0.3, 0.4) is 0 Å². The summed E-state index contributed by atoms with van der Waals surface area (Å²) in [5.41, 5.74) is 2.70. The molecule has 0 unspecified atom stereocenters. The molecular weight excluding hydrogens is 248 g/mol. The van der Waals surface area contributed by atoms with Crippen molar-refractivity contribution in [2.75, 3.05) is 5.32 Å². The lowest BCUT2D eigenvalue weighted by atomic mass is 10.1. The highest BCUT2D eigenvalue weighted by Gasteiger charge is 2.13. The van der Waals surface area contributed by atoms with E-state index in [1.54, 1.807) is 24.3 Å². The minimum Gasteiger partial charge on any atom is -0.380 e. The minimum absolute atomic E-state index is 0.175. The number of rotatable bonds is 4. The second-order valence-corrected chi connectivity index (χ2v) is 5.18. The maximum absolute atomic E-state index is 10.8. The number of nitro groups is 1. The number of anilines is 1. The average molecular weight is 262 g/mol. The summed E-state index contributed by atoms with van der Waals surface area (Å²) < 4.78 is 0. The van der Waals surface area contributed by atoms with Crippen molar-refractivity contribution in [2.45, 2.75) is 20.4 Å². The Bertz CT molecular complexity index is 565. The van der Waals surface area contributed by atoms with E-state index in [1.807, 2.05) is 24.4 Å². The number of nitrogens with zero attached hydrogens (tertiary/aromatic N) is 1. The van der Waals surface area contributed by atoms with Crippen LogP contribution >= 0.6 is 11.3 Å². The molecule has 18 heavy (non-hydrogen) atoms. The van der Waals surface area contributed by atoms with Crippen LogP contribution in [0.25, 0.3) is 0 Å². The van der Waals surface area contributed by atoms with Gasteiger partial charge in [-0.05, 0) is 36.9 Å². The Labute approximate surface area is 109 Å². The van der Waals surface area contributed by atoms with Crippen molar-refractivity contribution in [2.24, 2.45) is 0 Å². The highest BCUT2D eigenvalue weighted by molar-refractivity contribution is 7.09. The summed E-state index contributed by atoms with van der Waals surface area (Å²) >= 11 is 1.69. The summed E-state index contributed by atoms with van der Waals surface area (Å²) in [6, 6.07) is 7.52. The molecule has 0 fully saturated rings. The summed E-state index contributed by atoms with van der Waals surface area (Å²) in [7, 11) is 0. The molecule has 0 atom stereocenters. The van der Waals surface area contributed by atoms with Gasteiger partial charge < -0.3 is 5.32 Å². The number of nitrogens with one attached hydrogen (secondary N) is 1. The van der Waals surface area contributed by atoms with E-state index in [1.165, 1.54) is 4.88 Å². The fourth-order valence-corrected chi connectivity index (χ4v) is 2.43. The van der Waals surface area contributed by atoms with Crippen LogP contribution in [0.4, 0.5) is 11.4 Å². The Morgan fingerprint density at radius 2 is 2.11 bits per heavy atom. The zero-order chi connectivity index (χ0) is 13.1. The Morgan fingerprint density at radius 3 is 2.72 bits per heavy atom. The van der Waals surface area contributed by atoms with Gasteiger partial charge in [0.25, 0.3) is 5.69 Å². The summed E-state index contributed by atoms with van der Waals surface area (Å²) in [5, 5.41) is 16.2. The third-order valence-corrected chi connectivity index (χ3v) is 3.65. The Hall–Kier alpha value is -1.88. The highest BCUT2D eigenvalue weighted by Crippen LogP contribution is 2.26. The minimum atomic E-state index is -0.342. The number of aryl methyl sites for hydroxylation is 2. The van der Waals surface area contributed by atoms with Gasteiger partial charge in [-0.15, -0.1) is 11.3 Å². The lowest BCUT2D eigenvalue weighted by molar-refractivity contribution is -0.385. The quantitative estimate of drug-likeness (QED) is 0.672. The van der Waals surface area contributed by atoms with Crippen molar-refractivity contribution < 1.29 is 4.92 Å². The SMILES string of the molecule is Cc1cc([N+](=O)[O-])c(C)cc1NCc1cccs1. The molecule has 5 heteroatoms. The van der Waals surface area contributed by atoms with Crippen LogP contribution in [0.5, 0.6) is 0 Å². The van der Waals surface area contributed by atoms with Crippen LogP contribution in [0.2, 0.25) is 0 Å². The molecule has 2 rings (SSSR count). The van der Waals surface area contributed by atoms with Crippen LogP contribution in [0, 0.1) is 24.0 Å². The second kappa shape index (κ2) is 5.18. The van der Waals surface area contributed by atoms with E-state index < -0.39 is 0 Å². The molecule has 0 radical (unpaired) electrons. The van der Waals surface area contributed by atoms with E-state index >= 15 is 0 Å². The van der Waals surface area contributed by atoms with E-state index in [4.69, 9.17) is 0 Å². The zero-order valence-electron chi connectivity index (χ0n) is 10.3. The van der Waals surface area contributed by atoms with Gasteiger partial charge in [0.15, 0.2) is 0 Å². The molecule has 1 N–H and O–H groups in total. The van der Waals surface area contributed by atoms with Gasteiger partial charge in [0.1, 0.15) is 0 Å². The fourth-order valence-electron chi connectivity index (χ4n) is 1.78. The molecule has 0 saturated heterocycles. The van der Waals surface area contributed by atoms with E-state index in [9.17, 15) is 10.1 Å². The summed E-state index contributed by atoms with van der Waals surface area (Å²) in [6.07, 6.45) is 0. The first-order chi connectivity index (χ1) is 8.58.